The number of benzene rings is 4. The van der Waals surface area contributed by atoms with Crippen molar-refractivity contribution in [2.45, 2.75) is 26.5 Å². The molecule has 4 aromatic rings. The number of allylic oxidation sites excluding steroid dienone is 1. The maximum absolute atomic E-state index is 13.4. The molecule has 5 nitrogen and oxygen atoms in total. The van der Waals surface area contributed by atoms with Gasteiger partial charge in [0.05, 0.1) is 18.1 Å². The van der Waals surface area contributed by atoms with E-state index in [2.05, 4.69) is 6.58 Å². The Bertz CT molecular complexity index is 1560. The van der Waals surface area contributed by atoms with E-state index in [1.807, 2.05) is 97.9 Å². The molecule has 1 saturated heterocycles. The standard InChI is InChI=1S/C33H29NO4S/c1-3-11-26-18-24(19-29(37-4-2)31(26)38-22-23-12-6-5-7-13-23)20-30-32(35)34(33(36)39-30)21-27-16-10-15-25-14-8-9-17-28(25)27/h3,5-10,12-20H,1,4,11,21-22H2,2H3/b30-20+. The fourth-order valence-electron chi connectivity index (χ4n) is 4.62. The van der Waals surface area contributed by atoms with E-state index in [0.29, 0.717) is 36.0 Å². The number of rotatable bonds is 10. The number of hydrogen-bond donors (Lipinski definition) is 0. The van der Waals surface area contributed by atoms with Gasteiger partial charge in [0.1, 0.15) is 6.61 Å². The summed E-state index contributed by atoms with van der Waals surface area (Å²) in [6.45, 7) is 6.89. The predicted octanol–water partition coefficient (Wildman–Crippen LogP) is 7.78. The van der Waals surface area contributed by atoms with Crippen molar-refractivity contribution in [3.63, 3.8) is 0 Å². The molecule has 0 bridgehead atoms. The van der Waals surface area contributed by atoms with Gasteiger partial charge in [-0.05, 0) is 70.8 Å². The van der Waals surface area contributed by atoms with Gasteiger partial charge in [0, 0.05) is 5.56 Å². The zero-order chi connectivity index (χ0) is 27.2. The summed E-state index contributed by atoms with van der Waals surface area (Å²) in [6.07, 6.45) is 4.13. The number of thioether (sulfide) groups is 1. The molecule has 5 rings (SSSR count). The largest absolute Gasteiger partial charge is 0.490 e. The van der Waals surface area contributed by atoms with E-state index in [0.717, 1.165) is 44.8 Å². The highest BCUT2D eigenvalue weighted by Gasteiger charge is 2.35. The lowest BCUT2D eigenvalue weighted by Gasteiger charge is -2.17. The zero-order valence-corrected chi connectivity index (χ0v) is 22.6. The maximum atomic E-state index is 13.4. The van der Waals surface area contributed by atoms with Crippen LogP contribution in [0, 0.1) is 0 Å². The molecule has 6 heteroatoms. The van der Waals surface area contributed by atoms with Gasteiger partial charge >= 0.3 is 0 Å². The molecule has 0 N–H and O–H groups in total. The van der Waals surface area contributed by atoms with Gasteiger partial charge in [-0.3, -0.25) is 14.5 Å². The van der Waals surface area contributed by atoms with Crippen LogP contribution in [0.4, 0.5) is 4.79 Å². The molecule has 1 aliphatic heterocycles. The first-order valence-corrected chi connectivity index (χ1v) is 13.7. The molecular weight excluding hydrogens is 506 g/mol. The van der Waals surface area contributed by atoms with Crippen LogP contribution in [0.5, 0.6) is 11.5 Å². The molecule has 0 atom stereocenters. The number of amides is 2. The Morgan fingerprint density at radius 1 is 0.897 bits per heavy atom. The van der Waals surface area contributed by atoms with E-state index in [9.17, 15) is 9.59 Å². The van der Waals surface area contributed by atoms with Gasteiger partial charge in [0.15, 0.2) is 11.5 Å². The molecule has 4 aromatic carbocycles. The highest BCUT2D eigenvalue weighted by Crippen LogP contribution is 2.38. The SMILES string of the molecule is C=CCc1cc(/C=C2/SC(=O)N(Cc3cccc4ccccc34)C2=O)cc(OCC)c1OCc1ccccc1. The van der Waals surface area contributed by atoms with Crippen molar-refractivity contribution < 1.29 is 19.1 Å². The minimum atomic E-state index is -0.300. The second kappa shape index (κ2) is 12.0. The summed E-state index contributed by atoms with van der Waals surface area (Å²) in [5, 5.41) is 1.83. The Morgan fingerprint density at radius 3 is 2.46 bits per heavy atom. The lowest BCUT2D eigenvalue weighted by atomic mass is 10.0. The van der Waals surface area contributed by atoms with Crippen LogP contribution in [0.25, 0.3) is 16.8 Å². The number of carbonyl (C=O) groups is 2. The van der Waals surface area contributed by atoms with Crippen LogP contribution in [0.3, 0.4) is 0 Å². The first-order valence-electron chi connectivity index (χ1n) is 12.9. The minimum Gasteiger partial charge on any atom is -0.490 e. The molecule has 0 unspecified atom stereocenters. The van der Waals surface area contributed by atoms with E-state index < -0.39 is 0 Å². The Balaban J connectivity index is 1.43. The van der Waals surface area contributed by atoms with Gasteiger partial charge in [-0.25, -0.2) is 0 Å². The quantitative estimate of drug-likeness (QED) is 0.153. The van der Waals surface area contributed by atoms with Crippen LogP contribution in [-0.4, -0.2) is 22.7 Å². The van der Waals surface area contributed by atoms with E-state index in [1.165, 1.54) is 4.90 Å². The van der Waals surface area contributed by atoms with Crippen molar-refractivity contribution in [1.29, 1.82) is 0 Å². The molecule has 2 amide bonds. The van der Waals surface area contributed by atoms with Gasteiger partial charge in [0.25, 0.3) is 11.1 Å². The molecule has 39 heavy (non-hydrogen) atoms. The first kappa shape index (κ1) is 26.3. The molecule has 1 aliphatic rings. The number of nitrogens with zero attached hydrogens (tertiary/aromatic N) is 1. The average molecular weight is 536 g/mol. The minimum absolute atomic E-state index is 0.224. The van der Waals surface area contributed by atoms with Crippen molar-refractivity contribution in [3.05, 3.63) is 125 Å². The average Bonchev–Trinajstić information content (AvgIpc) is 3.21. The molecular formula is C33H29NO4S. The number of fused-ring (bicyclic) bond motifs is 1. The van der Waals surface area contributed by atoms with Crippen molar-refractivity contribution in [2.24, 2.45) is 0 Å². The van der Waals surface area contributed by atoms with Crippen LogP contribution in [0.1, 0.15) is 29.2 Å². The normalized spacial score (nSPS) is 14.3. The monoisotopic (exact) mass is 535 g/mol. The summed E-state index contributed by atoms with van der Waals surface area (Å²) < 4.78 is 12.2. The van der Waals surface area contributed by atoms with E-state index in [1.54, 1.807) is 6.08 Å². The van der Waals surface area contributed by atoms with Crippen molar-refractivity contribution in [2.75, 3.05) is 6.61 Å². The van der Waals surface area contributed by atoms with Crippen molar-refractivity contribution >= 4 is 39.8 Å². The summed E-state index contributed by atoms with van der Waals surface area (Å²) >= 11 is 0.958. The number of ether oxygens (including phenoxy) is 2. The lowest BCUT2D eigenvalue weighted by Crippen LogP contribution is -2.27. The molecule has 0 spiro atoms. The summed E-state index contributed by atoms with van der Waals surface area (Å²) in [4.78, 5) is 27.9. The van der Waals surface area contributed by atoms with Crippen LogP contribution in [0.15, 0.2) is 102 Å². The van der Waals surface area contributed by atoms with Gasteiger partial charge in [-0.1, -0.05) is 78.9 Å². The molecule has 0 saturated carbocycles. The van der Waals surface area contributed by atoms with E-state index >= 15 is 0 Å². The molecule has 0 radical (unpaired) electrons. The predicted molar refractivity (Wildman–Crippen MR) is 158 cm³/mol. The summed E-state index contributed by atoms with van der Waals surface area (Å²) in [5.41, 5.74) is 3.64. The molecule has 196 valence electrons. The third-order valence-electron chi connectivity index (χ3n) is 6.42. The van der Waals surface area contributed by atoms with Gasteiger partial charge in [-0.2, -0.15) is 0 Å². The maximum Gasteiger partial charge on any atom is 0.293 e. The summed E-state index contributed by atoms with van der Waals surface area (Å²) in [6, 6.07) is 27.7. The molecule has 0 aromatic heterocycles. The highest BCUT2D eigenvalue weighted by molar-refractivity contribution is 8.18. The third-order valence-corrected chi connectivity index (χ3v) is 7.33. The topological polar surface area (TPSA) is 55.8 Å². The van der Waals surface area contributed by atoms with Crippen LogP contribution in [0.2, 0.25) is 0 Å². The first-order chi connectivity index (χ1) is 19.1. The van der Waals surface area contributed by atoms with Crippen molar-refractivity contribution in [3.8, 4) is 11.5 Å². The second-order valence-corrected chi connectivity index (χ2v) is 10.1. The smallest absolute Gasteiger partial charge is 0.293 e. The third kappa shape index (κ3) is 5.91. The van der Waals surface area contributed by atoms with Gasteiger partial charge in [-0.15, -0.1) is 6.58 Å². The van der Waals surface area contributed by atoms with Crippen LogP contribution < -0.4 is 9.47 Å². The number of imide groups is 1. The van der Waals surface area contributed by atoms with Gasteiger partial charge in [0.2, 0.25) is 0 Å². The van der Waals surface area contributed by atoms with Crippen molar-refractivity contribution in [1.82, 2.24) is 4.90 Å². The van der Waals surface area contributed by atoms with Crippen LogP contribution in [-0.2, 0) is 24.4 Å². The molecule has 0 aliphatic carbocycles. The summed E-state index contributed by atoms with van der Waals surface area (Å²) in [5.74, 6) is 0.946. The lowest BCUT2D eigenvalue weighted by molar-refractivity contribution is -0.123. The van der Waals surface area contributed by atoms with Gasteiger partial charge < -0.3 is 9.47 Å². The Hall–Kier alpha value is -4.29. The van der Waals surface area contributed by atoms with Crippen LogP contribution >= 0.6 is 11.8 Å². The Kier molecular flexibility index (Phi) is 8.13. The number of hydrogen-bond acceptors (Lipinski definition) is 5. The Morgan fingerprint density at radius 2 is 1.67 bits per heavy atom. The molecule has 1 heterocycles. The van der Waals surface area contributed by atoms with E-state index in [4.69, 9.17) is 9.47 Å². The highest BCUT2D eigenvalue weighted by atomic mass is 32.2. The second-order valence-electron chi connectivity index (χ2n) is 9.11. The fraction of sp³-hybridized carbons (Fsp3) is 0.152. The Labute approximate surface area is 232 Å². The zero-order valence-electron chi connectivity index (χ0n) is 21.8. The van der Waals surface area contributed by atoms with E-state index in [-0.39, 0.29) is 17.7 Å². The fourth-order valence-corrected chi connectivity index (χ4v) is 5.46. The molecule has 1 fully saturated rings. The summed E-state index contributed by atoms with van der Waals surface area (Å²) in [7, 11) is 0. The number of carbonyl (C=O) groups excluding carboxylic acids is 2.